The van der Waals surface area contributed by atoms with Gasteiger partial charge in [-0.15, -0.1) is 5.10 Å². The number of imide groups is 1. The van der Waals surface area contributed by atoms with Crippen LogP contribution in [0.25, 0.3) is 33.6 Å². The molecule has 2 saturated heterocycles. The maximum atomic E-state index is 14.4. The van der Waals surface area contributed by atoms with Gasteiger partial charge in [0, 0.05) is 45.7 Å². The molecule has 3 amide bonds. The minimum Gasteiger partial charge on any atom is -0.366 e. The van der Waals surface area contributed by atoms with Crippen LogP contribution in [-0.4, -0.2) is 98.4 Å². The van der Waals surface area contributed by atoms with E-state index >= 15 is 0 Å². The minimum absolute atomic E-state index is 0.0286. The van der Waals surface area contributed by atoms with E-state index in [0.29, 0.717) is 28.3 Å². The fourth-order valence-corrected chi connectivity index (χ4v) is 9.13. The van der Waals surface area contributed by atoms with Crippen molar-refractivity contribution in [3.63, 3.8) is 0 Å². The Bertz CT molecular complexity index is 2630. The summed E-state index contributed by atoms with van der Waals surface area (Å²) in [5, 5.41) is 19.4. The Labute approximate surface area is 330 Å². The molecule has 7 heterocycles. The van der Waals surface area contributed by atoms with Crippen LogP contribution in [0.5, 0.6) is 0 Å². The number of alkyl halides is 2. The van der Waals surface area contributed by atoms with Crippen LogP contribution in [0.2, 0.25) is 0 Å². The summed E-state index contributed by atoms with van der Waals surface area (Å²) in [4.78, 5) is 54.5. The molecule has 0 bridgehead atoms. The number of imidazole rings is 1. The number of aryl methyl sites for hydroxylation is 1. The van der Waals surface area contributed by atoms with Gasteiger partial charge in [0.2, 0.25) is 17.7 Å². The van der Waals surface area contributed by atoms with Gasteiger partial charge >= 0.3 is 5.69 Å². The molecule has 3 fully saturated rings. The summed E-state index contributed by atoms with van der Waals surface area (Å²) in [5.41, 5.74) is 9.16. The van der Waals surface area contributed by atoms with Gasteiger partial charge in [-0.2, -0.15) is 10.2 Å². The third-order valence-corrected chi connectivity index (χ3v) is 12.1. The summed E-state index contributed by atoms with van der Waals surface area (Å²) in [6, 6.07) is 10.3. The lowest BCUT2D eigenvalue weighted by Gasteiger charge is -2.43. The molecule has 19 heteroatoms. The van der Waals surface area contributed by atoms with E-state index in [2.05, 4.69) is 42.5 Å². The summed E-state index contributed by atoms with van der Waals surface area (Å²) in [5.74, 6) is -0.918. The van der Waals surface area contributed by atoms with E-state index in [1.807, 2.05) is 18.2 Å². The monoisotopic (exact) mass is 795 g/mol. The Kier molecular flexibility index (Phi) is 9.40. The molecule has 302 valence electrons. The zero-order valence-electron chi connectivity index (χ0n) is 32.0. The van der Waals surface area contributed by atoms with Gasteiger partial charge in [0.05, 0.1) is 58.1 Å². The smallest absolute Gasteiger partial charge is 0.329 e. The van der Waals surface area contributed by atoms with Crippen LogP contribution in [0.1, 0.15) is 80.0 Å². The molecule has 3 N–H and O–H groups in total. The number of hydrogen-bond donors (Lipinski definition) is 2. The van der Waals surface area contributed by atoms with Crippen LogP contribution in [0, 0.1) is 5.92 Å². The number of nitrogens with one attached hydrogen (secondary N) is 1. The maximum absolute atomic E-state index is 14.4. The number of para-hydroxylation sites is 1. The maximum Gasteiger partial charge on any atom is 0.329 e. The summed E-state index contributed by atoms with van der Waals surface area (Å²) in [7, 11) is 1.73. The van der Waals surface area contributed by atoms with Gasteiger partial charge in [-0.1, -0.05) is 11.3 Å². The van der Waals surface area contributed by atoms with Crippen molar-refractivity contribution in [3.8, 4) is 17.1 Å². The van der Waals surface area contributed by atoms with E-state index in [1.54, 1.807) is 51.4 Å². The molecule has 1 aliphatic carbocycles. The molecule has 17 nitrogen and oxygen atoms in total. The lowest BCUT2D eigenvalue weighted by Crippen LogP contribution is -2.53. The summed E-state index contributed by atoms with van der Waals surface area (Å²) >= 11 is 0. The highest BCUT2D eigenvalue weighted by Gasteiger charge is 2.34. The molecular formula is C39H43F2N13O4. The Balaban J connectivity index is 0.845. The number of primary amides is 1. The van der Waals surface area contributed by atoms with E-state index in [-0.39, 0.29) is 53.5 Å². The minimum atomic E-state index is -2.81. The third kappa shape index (κ3) is 6.51. The fraction of sp³-hybridized carbons (Fsp3) is 0.436. The first-order valence-corrected chi connectivity index (χ1v) is 19.6. The largest absolute Gasteiger partial charge is 0.366 e. The number of aromatic nitrogens is 9. The van der Waals surface area contributed by atoms with Crippen molar-refractivity contribution < 1.29 is 23.2 Å². The Morgan fingerprint density at radius 3 is 2.57 bits per heavy atom. The summed E-state index contributed by atoms with van der Waals surface area (Å²) in [6.07, 6.45) is 5.70. The number of piperidine rings is 1. The predicted octanol–water partition coefficient (Wildman–Crippen LogP) is 3.39. The fourth-order valence-electron chi connectivity index (χ4n) is 9.13. The average Bonchev–Trinajstić information content (AvgIpc) is 4.01. The first-order valence-electron chi connectivity index (χ1n) is 19.6. The van der Waals surface area contributed by atoms with Gasteiger partial charge in [0.1, 0.15) is 17.4 Å². The highest BCUT2D eigenvalue weighted by Crippen LogP contribution is 2.36. The molecule has 2 aliphatic heterocycles. The van der Waals surface area contributed by atoms with Crippen LogP contribution in [0.4, 0.5) is 14.5 Å². The number of carbonyl (C=O) groups is 3. The first-order chi connectivity index (χ1) is 27.9. The number of fused-ring (bicyclic) bond motifs is 2. The number of benzene rings is 1. The van der Waals surface area contributed by atoms with E-state index in [4.69, 9.17) is 5.73 Å². The number of hydrogen-bond acceptors (Lipinski definition) is 10. The van der Waals surface area contributed by atoms with Gasteiger partial charge in [-0.25, -0.2) is 22.8 Å². The molecule has 0 radical (unpaired) electrons. The van der Waals surface area contributed by atoms with E-state index < -0.39 is 24.3 Å². The van der Waals surface area contributed by atoms with Crippen molar-refractivity contribution in [2.45, 2.75) is 70.0 Å². The van der Waals surface area contributed by atoms with Crippen molar-refractivity contribution in [3.05, 3.63) is 76.7 Å². The van der Waals surface area contributed by atoms with E-state index in [1.165, 1.54) is 15.4 Å². The van der Waals surface area contributed by atoms with Crippen molar-refractivity contribution in [2.24, 2.45) is 18.7 Å². The number of carbonyl (C=O) groups excluding carboxylic acids is 3. The molecule has 5 aromatic heterocycles. The number of nitrogens with two attached hydrogens (primary N) is 1. The summed E-state index contributed by atoms with van der Waals surface area (Å²) in [6.45, 7) is 5.55. The van der Waals surface area contributed by atoms with Crippen LogP contribution in [0.15, 0.2) is 59.8 Å². The quantitative estimate of drug-likeness (QED) is 0.206. The zero-order chi connectivity index (χ0) is 40.4. The van der Waals surface area contributed by atoms with Crippen LogP contribution in [0.3, 0.4) is 0 Å². The number of halogens is 2. The second kappa shape index (κ2) is 14.6. The molecule has 6 aromatic rings. The highest BCUT2D eigenvalue weighted by atomic mass is 19.3. The second-order valence-corrected chi connectivity index (χ2v) is 15.7. The van der Waals surface area contributed by atoms with Crippen LogP contribution >= 0.6 is 0 Å². The van der Waals surface area contributed by atoms with Crippen molar-refractivity contribution in [1.82, 2.24) is 53.7 Å². The van der Waals surface area contributed by atoms with Crippen LogP contribution in [-0.2, 0) is 16.6 Å². The van der Waals surface area contributed by atoms with Gasteiger partial charge in [-0.3, -0.25) is 38.4 Å². The zero-order valence-corrected chi connectivity index (χ0v) is 32.0. The van der Waals surface area contributed by atoms with Crippen molar-refractivity contribution in [1.29, 1.82) is 0 Å². The number of anilines is 1. The number of amides is 3. The normalized spacial score (nSPS) is 22.1. The van der Waals surface area contributed by atoms with Crippen molar-refractivity contribution >= 4 is 40.0 Å². The Hall–Kier alpha value is -6.24. The lowest BCUT2D eigenvalue weighted by atomic mass is 9.85. The molecule has 1 saturated carbocycles. The van der Waals surface area contributed by atoms with E-state index in [0.717, 1.165) is 63.1 Å². The highest BCUT2D eigenvalue weighted by molar-refractivity contribution is 6.00. The standard InChI is InChI=1S/C39H43F2N13O4/c1-22-18-49(14-15-50(22)29-4-3-5-30-35(29)48(2)39(58)53(30)31-12-13-33(55)44-38(31)57)19-23-6-8-25(9-7-23)51-21-32(34(46-51)36(40)41)52-20-27(45-47-52)28-11-10-26-16-24(37(42)56)17-43-54(26)28/h3-5,10-11,16-17,20-23,25,31,36H,6-9,12-15,18-19H2,1-2H3,(H2,42,56)(H,44,55,57)/t22-,23?,25?,31?/m1/s1. The topological polar surface area (TPSA) is 188 Å². The van der Waals surface area contributed by atoms with Gasteiger partial charge in [0.15, 0.2) is 5.69 Å². The molecule has 9 rings (SSSR count). The summed E-state index contributed by atoms with van der Waals surface area (Å²) < 4.78 is 36.4. The number of rotatable bonds is 9. The third-order valence-electron chi connectivity index (χ3n) is 12.1. The molecular weight excluding hydrogens is 753 g/mol. The lowest BCUT2D eigenvalue weighted by molar-refractivity contribution is -0.135. The predicted molar refractivity (Wildman–Crippen MR) is 208 cm³/mol. The average molecular weight is 796 g/mol. The Morgan fingerprint density at radius 1 is 1.02 bits per heavy atom. The Morgan fingerprint density at radius 2 is 1.83 bits per heavy atom. The molecule has 58 heavy (non-hydrogen) atoms. The molecule has 2 atom stereocenters. The number of nitrogens with zero attached hydrogens (tertiary/aromatic N) is 11. The van der Waals surface area contributed by atoms with Gasteiger partial charge in [-0.05, 0) is 75.3 Å². The van der Waals surface area contributed by atoms with Gasteiger partial charge in [0.25, 0.3) is 6.43 Å². The second-order valence-electron chi connectivity index (χ2n) is 15.7. The first kappa shape index (κ1) is 37.3. The number of piperazine rings is 1. The molecule has 0 spiro atoms. The van der Waals surface area contributed by atoms with Gasteiger partial charge < -0.3 is 10.6 Å². The molecule has 1 unspecified atom stereocenters. The molecule has 3 aliphatic rings. The van der Waals surface area contributed by atoms with Crippen molar-refractivity contribution in [2.75, 3.05) is 31.1 Å². The molecule has 1 aromatic carbocycles. The SMILES string of the molecule is C[C@@H]1CN(CC2CCC(n3cc(-n4cc(-c5ccc6cc(C(N)=O)cnn56)nn4)c(C(F)F)n3)CC2)CCN1c1cccc2c1n(C)c(=O)n2C1CCC(=O)NC1=O. The van der Waals surface area contributed by atoms with E-state index in [9.17, 15) is 28.0 Å². The van der Waals surface area contributed by atoms with Crippen LogP contribution < -0.4 is 21.6 Å².